The standard InChI is InChI=1S/C15H24N2O/c1-18-10-9-17-12-15(13-5-2-3-6-13)14-7-4-8-16-11-14/h4,7-8,11,13,15,17H,2-3,5-6,9-10,12H2,1H3. The highest BCUT2D eigenvalue weighted by molar-refractivity contribution is 5.16. The summed E-state index contributed by atoms with van der Waals surface area (Å²) >= 11 is 0. The molecule has 0 aromatic carbocycles. The molecule has 1 aliphatic rings. The topological polar surface area (TPSA) is 34.1 Å². The highest BCUT2D eigenvalue weighted by atomic mass is 16.5. The normalized spacial score (nSPS) is 18.1. The second-order valence-corrected chi connectivity index (χ2v) is 5.13. The van der Waals surface area contributed by atoms with E-state index in [9.17, 15) is 0 Å². The second kappa shape index (κ2) is 7.49. The van der Waals surface area contributed by atoms with Crippen LogP contribution in [0.1, 0.15) is 37.2 Å². The van der Waals surface area contributed by atoms with Crippen LogP contribution in [0, 0.1) is 5.92 Å². The first kappa shape index (κ1) is 13.5. The predicted octanol–water partition coefficient (Wildman–Crippen LogP) is 2.59. The number of nitrogens with one attached hydrogen (secondary N) is 1. The Balaban J connectivity index is 1.94. The van der Waals surface area contributed by atoms with Gasteiger partial charge in [0.05, 0.1) is 6.61 Å². The van der Waals surface area contributed by atoms with Crippen molar-refractivity contribution in [1.29, 1.82) is 0 Å². The van der Waals surface area contributed by atoms with E-state index in [0.29, 0.717) is 5.92 Å². The first-order chi connectivity index (χ1) is 8.92. The Kier molecular flexibility index (Phi) is 5.62. The summed E-state index contributed by atoms with van der Waals surface area (Å²) in [5.74, 6) is 1.43. The molecule has 1 aromatic heterocycles. The summed E-state index contributed by atoms with van der Waals surface area (Å²) in [7, 11) is 1.75. The van der Waals surface area contributed by atoms with Crippen LogP contribution in [0.5, 0.6) is 0 Å². The number of hydrogen-bond donors (Lipinski definition) is 1. The Morgan fingerprint density at radius 1 is 1.44 bits per heavy atom. The van der Waals surface area contributed by atoms with Crippen molar-refractivity contribution in [3.05, 3.63) is 30.1 Å². The smallest absolute Gasteiger partial charge is 0.0587 e. The number of aromatic nitrogens is 1. The molecule has 1 aromatic rings. The molecule has 1 atom stereocenters. The van der Waals surface area contributed by atoms with Crippen LogP contribution in [0.15, 0.2) is 24.5 Å². The molecule has 0 saturated heterocycles. The van der Waals surface area contributed by atoms with Crippen LogP contribution in [0.3, 0.4) is 0 Å². The fourth-order valence-electron chi connectivity index (χ4n) is 2.94. The quantitative estimate of drug-likeness (QED) is 0.753. The van der Waals surface area contributed by atoms with E-state index in [4.69, 9.17) is 4.74 Å². The van der Waals surface area contributed by atoms with Crippen molar-refractivity contribution in [2.75, 3.05) is 26.8 Å². The molecule has 3 heteroatoms. The summed E-state index contributed by atoms with van der Waals surface area (Å²) in [5, 5.41) is 3.51. The van der Waals surface area contributed by atoms with E-state index in [1.165, 1.54) is 31.2 Å². The molecule has 18 heavy (non-hydrogen) atoms. The maximum absolute atomic E-state index is 5.08. The highest BCUT2D eigenvalue weighted by Crippen LogP contribution is 2.36. The molecule has 2 rings (SSSR count). The summed E-state index contributed by atoms with van der Waals surface area (Å²) < 4.78 is 5.08. The Morgan fingerprint density at radius 3 is 2.94 bits per heavy atom. The Bertz CT molecular complexity index is 323. The minimum absolute atomic E-state index is 0.609. The van der Waals surface area contributed by atoms with Crippen LogP contribution in [-0.4, -0.2) is 31.8 Å². The Labute approximate surface area is 110 Å². The van der Waals surface area contributed by atoms with Crippen molar-refractivity contribution in [3.8, 4) is 0 Å². The van der Waals surface area contributed by atoms with Crippen LogP contribution in [0.4, 0.5) is 0 Å². The molecule has 1 saturated carbocycles. The van der Waals surface area contributed by atoms with Gasteiger partial charge in [-0.1, -0.05) is 18.9 Å². The third kappa shape index (κ3) is 3.79. The van der Waals surface area contributed by atoms with E-state index < -0.39 is 0 Å². The maximum Gasteiger partial charge on any atom is 0.0587 e. The minimum atomic E-state index is 0.609. The number of rotatable bonds is 7. The van der Waals surface area contributed by atoms with E-state index in [-0.39, 0.29) is 0 Å². The molecular formula is C15H24N2O. The molecule has 1 heterocycles. The first-order valence-corrected chi connectivity index (χ1v) is 7.01. The van der Waals surface area contributed by atoms with Crippen LogP contribution in [-0.2, 0) is 4.74 Å². The van der Waals surface area contributed by atoms with Crippen molar-refractivity contribution in [2.45, 2.75) is 31.6 Å². The van der Waals surface area contributed by atoms with E-state index >= 15 is 0 Å². The maximum atomic E-state index is 5.08. The fourth-order valence-corrected chi connectivity index (χ4v) is 2.94. The third-order valence-corrected chi connectivity index (χ3v) is 3.93. The van der Waals surface area contributed by atoms with Gasteiger partial charge in [-0.3, -0.25) is 4.98 Å². The zero-order chi connectivity index (χ0) is 12.6. The fraction of sp³-hybridized carbons (Fsp3) is 0.667. The summed E-state index contributed by atoms with van der Waals surface area (Å²) in [5.41, 5.74) is 1.38. The van der Waals surface area contributed by atoms with Gasteiger partial charge in [0.1, 0.15) is 0 Å². The van der Waals surface area contributed by atoms with Crippen molar-refractivity contribution in [2.24, 2.45) is 5.92 Å². The molecule has 1 N–H and O–H groups in total. The van der Waals surface area contributed by atoms with Gasteiger partial charge in [0.25, 0.3) is 0 Å². The van der Waals surface area contributed by atoms with E-state index in [1.807, 2.05) is 18.5 Å². The minimum Gasteiger partial charge on any atom is -0.383 e. The number of ether oxygens (including phenoxy) is 1. The van der Waals surface area contributed by atoms with Gasteiger partial charge >= 0.3 is 0 Å². The molecule has 1 fully saturated rings. The summed E-state index contributed by atoms with van der Waals surface area (Å²) in [4.78, 5) is 4.27. The van der Waals surface area contributed by atoms with Crippen molar-refractivity contribution in [1.82, 2.24) is 10.3 Å². The Morgan fingerprint density at radius 2 is 2.28 bits per heavy atom. The molecule has 0 amide bonds. The highest BCUT2D eigenvalue weighted by Gasteiger charge is 2.25. The molecule has 0 bridgehead atoms. The van der Waals surface area contributed by atoms with Gasteiger partial charge in [0, 0.05) is 38.5 Å². The van der Waals surface area contributed by atoms with Crippen molar-refractivity contribution < 1.29 is 4.74 Å². The summed E-state index contributed by atoms with van der Waals surface area (Å²) in [6, 6.07) is 4.26. The van der Waals surface area contributed by atoms with Crippen molar-refractivity contribution >= 4 is 0 Å². The molecule has 0 aliphatic heterocycles. The summed E-state index contributed by atoms with van der Waals surface area (Å²) in [6.07, 6.45) is 9.39. The third-order valence-electron chi connectivity index (χ3n) is 3.93. The van der Waals surface area contributed by atoms with E-state index in [1.54, 1.807) is 7.11 Å². The molecule has 1 aliphatic carbocycles. The number of nitrogens with zero attached hydrogens (tertiary/aromatic N) is 1. The zero-order valence-electron chi connectivity index (χ0n) is 11.3. The van der Waals surface area contributed by atoms with Gasteiger partial charge in [-0.25, -0.2) is 0 Å². The number of methoxy groups -OCH3 is 1. The molecule has 100 valence electrons. The monoisotopic (exact) mass is 248 g/mol. The number of pyridine rings is 1. The molecule has 1 unspecified atom stereocenters. The largest absolute Gasteiger partial charge is 0.383 e. The van der Waals surface area contributed by atoms with Gasteiger partial charge in [-0.05, 0) is 30.4 Å². The van der Waals surface area contributed by atoms with Gasteiger partial charge < -0.3 is 10.1 Å². The second-order valence-electron chi connectivity index (χ2n) is 5.13. The van der Waals surface area contributed by atoms with Crippen LogP contribution in [0.2, 0.25) is 0 Å². The number of hydrogen-bond acceptors (Lipinski definition) is 3. The average Bonchev–Trinajstić information content (AvgIpc) is 2.94. The van der Waals surface area contributed by atoms with Crippen molar-refractivity contribution in [3.63, 3.8) is 0 Å². The molecule has 3 nitrogen and oxygen atoms in total. The lowest BCUT2D eigenvalue weighted by atomic mass is 9.85. The SMILES string of the molecule is COCCNCC(c1cccnc1)C1CCCC1. The predicted molar refractivity (Wildman–Crippen MR) is 73.7 cm³/mol. The van der Waals surface area contributed by atoms with E-state index in [2.05, 4.69) is 16.4 Å². The molecule has 0 radical (unpaired) electrons. The first-order valence-electron chi connectivity index (χ1n) is 7.01. The lowest BCUT2D eigenvalue weighted by Crippen LogP contribution is -2.28. The lowest BCUT2D eigenvalue weighted by Gasteiger charge is -2.24. The van der Waals surface area contributed by atoms with Gasteiger partial charge in [-0.2, -0.15) is 0 Å². The summed E-state index contributed by atoms with van der Waals surface area (Å²) in [6.45, 7) is 2.75. The molecule has 0 spiro atoms. The van der Waals surface area contributed by atoms with E-state index in [0.717, 1.165) is 25.6 Å². The van der Waals surface area contributed by atoms with Gasteiger partial charge in [0.2, 0.25) is 0 Å². The van der Waals surface area contributed by atoms with Crippen LogP contribution < -0.4 is 5.32 Å². The lowest BCUT2D eigenvalue weighted by molar-refractivity contribution is 0.198. The zero-order valence-corrected chi connectivity index (χ0v) is 11.3. The molecular weight excluding hydrogens is 224 g/mol. The van der Waals surface area contributed by atoms with Gasteiger partial charge in [0.15, 0.2) is 0 Å². The Hall–Kier alpha value is -0.930. The van der Waals surface area contributed by atoms with Gasteiger partial charge in [-0.15, -0.1) is 0 Å². The average molecular weight is 248 g/mol. The van der Waals surface area contributed by atoms with Crippen LogP contribution in [0.25, 0.3) is 0 Å². The van der Waals surface area contributed by atoms with Crippen LogP contribution >= 0.6 is 0 Å².